The summed E-state index contributed by atoms with van der Waals surface area (Å²) in [5, 5.41) is 0. The van der Waals surface area contributed by atoms with Crippen molar-refractivity contribution in [1.29, 1.82) is 0 Å². The van der Waals surface area contributed by atoms with Crippen LogP contribution in [0, 0.1) is 6.92 Å². The summed E-state index contributed by atoms with van der Waals surface area (Å²) in [5.74, 6) is 0.842. The van der Waals surface area contributed by atoms with Gasteiger partial charge in [-0.3, -0.25) is 4.79 Å². The van der Waals surface area contributed by atoms with E-state index in [9.17, 15) is 4.79 Å². The van der Waals surface area contributed by atoms with Gasteiger partial charge in [-0.05, 0) is 43.5 Å². The van der Waals surface area contributed by atoms with Crippen molar-refractivity contribution in [2.45, 2.75) is 26.2 Å². The lowest BCUT2D eigenvalue weighted by Gasteiger charge is -2.30. The normalized spacial score (nSPS) is 13.0. The second-order valence-corrected chi connectivity index (χ2v) is 5.99. The maximum atomic E-state index is 12.9. The second kappa shape index (κ2) is 7.58. The fourth-order valence-electron chi connectivity index (χ4n) is 3.21. The smallest absolute Gasteiger partial charge is 0.231 e. The van der Waals surface area contributed by atoms with E-state index in [4.69, 9.17) is 10.5 Å². The number of fused-ring (bicyclic) bond motifs is 1. The zero-order chi connectivity index (χ0) is 16.4. The lowest BCUT2D eigenvalue weighted by atomic mass is 9.98. The number of carbonyl (C=O) groups is 1. The predicted octanol–water partition coefficient (Wildman–Crippen LogP) is 3.53. The van der Waals surface area contributed by atoms with Gasteiger partial charge in [0, 0.05) is 23.5 Å². The summed E-state index contributed by atoms with van der Waals surface area (Å²) in [5.41, 5.74) is 10.9. The first kappa shape index (κ1) is 18.1. The van der Waals surface area contributed by atoms with Crippen LogP contribution < -0.4 is 15.4 Å². The summed E-state index contributed by atoms with van der Waals surface area (Å²) in [6.45, 7) is 2.76. The number of nitrogens with zero attached hydrogens (tertiary/aromatic N) is 1. The van der Waals surface area contributed by atoms with E-state index < -0.39 is 0 Å². The number of ether oxygens (including phenoxy) is 1. The van der Waals surface area contributed by atoms with E-state index in [1.54, 1.807) is 7.11 Å². The van der Waals surface area contributed by atoms with Gasteiger partial charge in [-0.2, -0.15) is 0 Å². The molecule has 4 nitrogen and oxygen atoms in total. The van der Waals surface area contributed by atoms with Crippen LogP contribution in [0.5, 0.6) is 5.75 Å². The molecule has 5 heteroatoms. The molecule has 128 valence electrons. The van der Waals surface area contributed by atoms with Gasteiger partial charge < -0.3 is 15.4 Å². The number of carbonyl (C=O) groups excluding carboxylic acids is 1. The van der Waals surface area contributed by atoms with Crippen LogP contribution in [-0.2, 0) is 17.6 Å². The highest BCUT2D eigenvalue weighted by Gasteiger charge is 2.24. The van der Waals surface area contributed by atoms with Gasteiger partial charge in [0.15, 0.2) is 0 Å². The Morgan fingerprint density at radius 1 is 1.29 bits per heavy atom. The van der Waals surface area contributed by atoms with Gasteiger partial charge in [-0.1, -0.05) is 23.8 Å². The molecule has 1 amide bonds. The van der Waals surface area contributed by atoms with Crippen LogP contribution in [0.15, 0.2) is 36.4 Å². The van der Waals surface area contributed by atoms with Crippen LogP contribution in [0.3, 0.4) is 0 Å². The fourth-order valence-corrected chi connectivity index (χ4v) is 3.21. The number of halogens is 1. The third-order valence-electron chi connectivity index (χ3n) is 4.37. The van der Waals surface area contributed by atoms with E-state index in [-0.39, 0.29) is 18.3 Å². The van der Waals surface area contributed by atoms with Crippen molar-refractivity contribution in [2.75, 3.05) is 24.3 Å². The molecule has 0 atom stereocenters. The van der Waals surface area contributed by atoms with E-state index in [0.29, 0.717) is 6.42 Å². The molecule has 24 heavy (non-hydrogen) atoms. The first-order valence-electron chi connectivity index (χ1n) is 7.91. The van der Waals surface area contributed by atoms with Crippen molar-refractivity contribution in [2.24, 2.45) is 0 Å². The number of nitrogens with two attached hydrogens (primary N) is 1. The SMILES string of the molecule is COc1ccc(C)cc1CC(=O)N1CCCc2c(N)cccc21.Cl. The van der Waals surface area contributed by atoms with Crippen molar-refractivity contribution < 1.29 is 9.53 Å². The Labute approximate surface area is 149 Å². The lowest BCUT2D eigenvalue weighted by Crippen LogP contribution is -2.36. The zero-order valence-corrected chi connectivity index (χ0v) is 14.9. The van der Waals surface area contributed by atoms with Gasteiger partial charge >= 0.3 is 0 Å². The molecule has 2 N–H and O–H groups in total. The molecule has 0 bridgehead atoms. The van der Waals surface area contributed by atoms with Crippen molar-refractivity contribution in [3.8, 4) is 5.75 Å². The molecule has 2 aromatic carbocycles. The molecular formula is C19H23ClN2O2. The van der Waals surface area contributed by atoms with Crippen molar-refractivity contribution in [3.05, 3.63) is 53.1 Å². The Morgan fingerprint density at radius 3 is 2.83 bits per heavy atom. The van der Waals surface area contributed by atoms with Crippen LogP contribution in [0.1, 0.15) is 23.1 Å². The Kier molecular flexibility index (Phi) is 5.73. The minimum Gasteiger partial charge on any atom is -0.496 e. The quantitative estimate of drug-likeness (QED) is 0.865. The summed E-state index contributed by atoms with van der Waals surface area (Å²) >= 11 is 0. The molecule has 0 fully saturated rings. The van der Waals surface area contributed by atoms with Crippen molar-refractivity contribution in [1.82, 2.24) is 0 Å². The highest BCUT2D eigenvalue weighted by atomic mass is 35.5. The number of benzene rings is 2. The minimum atomic E-state index is 0. The third kappa shape index (κ3) is 3.49. The standard InChI is InChI=1S/C19H22N2O2.ClH/c1-13-8-9-18(23-2)14(11-13)12-19(22)21-10-4-5-15-16(20)6-3-7-17(15)21;/h3,6-9,11H,4-5,10,12,20H2,1-2H3;1H. The molecule has 1 aliphatic heterocycles. The molecule has 0 unspecified atom stereocenters. The maximum absolute atomic E-state index is 12.9. The van der Waals surface area contributed by atoms with E-state index in [0.717, 1.165) is 53.2 Å². The fraction of sp³-hybridized carbons (Fsp3) is 0.316. The molecule has 0 saturated heterocycles. The van der Waals surface area contributed by atoms with E-state index >= 15 is 0 Å². The number of nitrogen functional groups attached to an aromatic ring is 1. The highest BCUT2D eigenvalue weighted by molar-refractivity contribution is 5.97. The van der Waals surface area contributed by atoms with Crippen LogP contribution in [0.2, 0.25) is 0 Å². The van der Waals surface area contributed by atoms with E-state index in [1.165, 1.54) is 0 Å². The molecule has 0 spiro atoms. The van der Waals surface area contributed by atoms with Gasteiger partial charge in [-0.25, -0.2) is 0 Å². The minimum absolute atomic E-state index is 0. The van der Waals surface area contributed by atoms with E-state index in [1.807, 2.05) is 48.2 Å². The third-order valence-corrected chi connectivity index (χ3v) is 4.37. The zero-order valence-electron chi connectivity index (χ0n) is 14.0. The molecule has 0 aromatic heterocycles. The molecule has 0 radical (unpaired) electrons. The predicted molar refractivity (Wildman–Crippen MR) is 100 cm³/mol. The summed E-state index contributed by atoms with van der Waals surface area (Å²) in [4.78, 5) is 14.7. The second-order valence-electron chi connectivity index (χ2n) is 5.99. The molecular weight excluding hydrogens is 324 g/mol. The summed E-state index contributed by atoms with van der Waals surface area (Å²) in [6, 6.07) is 11.7. The van der Waals surface area contributed by atoms with Crippen molar-refractivity contribution >= 4 is 29.7 Å². The van der Waals surface area contributed by atoms with Gasteiger partial charge in [-0.15, -0.1) is 12.4 Å². The van der Waals surface area contributed by atoms with Crippen LogP contribution in [0.4, 0.5) is 11.4 Å². The molecule has 1 heterocycles. The number of rotatable bonds is 3. The first-order chi connectivity index (χ1) is 11.1. The largest absolute Gasteiger partial charge is 0.496 e. The van der Waals surface area contributed by atoms with Gasteiger partial charge in [0.05, 0.1) is 13.5 Å². The monoisotopic (exact) mass is 346 g/mol. The number of methoxy groups -OCH3 is 1. The van der Waals surface area contributed by atoms with E-state index in [2.05, 4.69) is 0 Å². The van der Waals surface area contributed by atoms with Gasteiger partial charge in [0.1, 0.15) is 5.75 Å². The molecule has 0 aliphatic carbocycles. The maximum Gasteiger partial charge on any atom is 0.231 e. The first-order valence-corrected chi connectivity index (χ1v) is 7.91. The topological polar surface area (TPSA) is 55.6 Å². The lowest BCUT2D eigenvalue weighted by molar-refractivity contribution is -0.118. The molecule has 2 aromatic rings. The number of aryl methyl sites for hydroxylation is 1. The molecule has 0 saturated carbocycles. The van der Waals surface area contributed by atoms with Crippen LogP contribution >= 0.6 is 12.4 Å². The number of amides is 1. The highest BCUT2D eigenvalue weighted by Crippen LogP contribution is 2.32. The Morgan fingerprint density at radius 2 is 2.08 bits per heavy atom. The van der Waals surface area contributed by atoms with Crippen LogP contribution in [0.25, 0.3) is 0 Å². The molecule has 1 aliphatic rings. The molecule has 3 rings (SSSR count). The Hall–Kier alpha value is -2.20. The summed E-state index contributed by atoms with van der Waals surface area (Å²) < 4.78 is 5.39. The average Bonchev–Trinajstić information content (AvgIpc) is 2.55. The average molecular weight is 347 g/mol. The van der Waals surface area contributed by atoms with Crippen molar-refractivity contribution in [3.63, 3.8) is 0 Å². The van der Waals surface area contributed by atoms with Gasteiger partial charge in [0.2, 0.25) is 5.91 Å². The number of anilines is 2. The summed E-state index contributed by atoms with van der Waals surface area (Å²) in [7, 11) is 1.63. The number of hydrogen-bond donors (Lipinski definition) is 1. The Bertz CT molecular complexity index is 746. The van der Waals surface area contributed by atoms with Crippen LogP contribution in [-0.4, -0.2) is 19.6 Å². The summed E-state index contributed by atoms with van der Waals surface area (Å²) in [6.07, 6.45) is 2.20. The Balaban J connectivity index is 0.00000208. The van der Waals surface area contributed by atoms with Gasteiger partial charge in [0.25, 0.3) is 0 Å². The number of hydrogen-bond acceptors (Lipinski definition) is 3.